The first-order valence-electron chi connectivity index (χ1n) is 8.95. The standard InChI is InChI=1S/C20H29NO4/c1-5-25-16-13-20(18(23)24,19(16,3)4)21-17(22)12-11-14(2)15-9-7-6-8-10-15/h6-10,14,16H,5,11-13H2,1-4H3,(H,21,22)(H,23,24). The third-order valence-corrected chi connectivity index (χ3v) is 5.66. The maximum absolute atomic E-state index is 12.4. The zero-order chi connectivity index (χ0) is 18.7. The summed E-state index contributed by atoms with van der Waals surface area (Å²) in [6.07, 6.45) is 1.14. The highest BCUT2D eigenvalue weighted by molar-refractivity contribution is 5.89. The lowest BCUT2D eigenvalue weighted by Gasteiger charge is -2.58. The Kier molecular flexibility index (Phi) is 5.88. The fraction of sp³-hybridized carbons (Fsp3) is 0.600. The average Bonchev–Trinajstić information content (AvgIpc) is 2.59. The number of hydrogen-bond acceptors (Lipinski definition) is 3. The van der Waals surface area contributed by atoms with Gasteiger partial charge in [0.15, 0.2) is 0 Å². The summed E-state index contributed by atoms with van der Waals surface area (Å²) in [5.74, 6) is -0.954. The van der Waals surface area contributed by atoms with Crippen molar-refractivity contribution in [2.24, 2.45) is 5.41 Å². The van der Waals surface area contributed by atoms with Gasteiger partial charge < -0.3 is 15.2 Å². The largest absolute Gasteiger partial charge is 0.479 e. The molecular formula is C20H29NO4. The number of carboxylic acids is 1. The first kappa shape index (κ1) is 19.4. The van der Waals surface area contributed by atoms with Crippen molar-refractivity contribution in [1.82, 2.24) is 5.32 Å². The van der Waals surface area contributed by atoms with Crippen molar-refractivity contribution in [3.05, 3.63) is 35.9 Å². The molecule has 0 aromatic heterocycles. The number of hydrogen-bond donors (Lipinski definition) is 2. The van der Waals surface area contributed by atoms with E-state index in [-0.39, 0.29) is 17.9 Å². The summed E-state index contributed by atoms with van der Waals surface area (Å²) in [6.45, 7) is 8.19. The molecule has 1 saturated carbocycles. The number of rotatable bonds is 8. The van der Waals surface area contributed by atoms with E-state index in [0.29, 0.717) is 25.9 Å². The first-order chi connectivity index (χ1) is 11.7. The Morgan fingerprint density at radius 1 is 1.32 bits per heavy atom. The predicted molar refractivity (Wildman–Crippen MR) is 96.4 cm³/mol. The van der Waals surface area contributed by atoms with E-state index in [1.54, 1.807) is 0 Å². The van der Waals surface area contributed by atoms with Crippen LogP contribution in [0.3, 0.4) is 0 Å². The lowest BCUT2D eigenvalue weighted by atomic mass is 9.54. The minimum atomic E-state index is -1.25. The van der Waals surface area contributed by atoms with Crippen LogP contribution in [0.15, 0.2) is 30.3 Å². The van der Waals surface area contributed by atoms with Gasteiger partial charge in [-0.05, 0) is 24.8 Å². The lowest BCUT2D eigenvalue weighted by molar-refractivity contribution is -0.194. The Morgan fingerprint density at radius 2 is 1.96 bits per heavy atom. The van der Waals surface area contributed by atoms with E-state index in [0.717, 1.165) is 0 Å². The molecule has 0 heterocycles. The van der Waals surface area contributed by atoms with Gasteiger partial charge >= 0.3 is 5.97 Å². The van der Waals surface area contributed by atoms with Crippen LogP contribution in [0.25, 0.3) is 0 Å². The lowest BCUT2D eigenvalue weighted by Crippen LogP contribution is -2.76. The van der Waals surface area contributed by atoms with Gasteiger partial charge in [0.1, 0.15) is 5.54 Å². The van der Waals surface area contributed by atoms with Gasteiger partial charge in [0.05, 0.1) is 6.10 Å². The van der Waals surface area contributed by atoms with Gasteiger partial charge in [-0.15, -0.1) is 0 Å². The van der Waals surface area contributed by atoms with E-state index in [2.05, 4.69) is 12.2 Å². The van der Waals surface area contributed by atoms with E-state index in [1.807, 2.05) is 51.1 Å². The van der Waals surface area contributed by atoms with E-state index < -0.39 is 16.9 Å². The monoisotopic (exact) mass is 347 g/mol. The first-order valence-corrected chi connectivity index (χ1v) is 8.95. The van der Waals surface area contributed by atoms with Crippen LogP contribution >= 0.6 is 0 Å². The SMILES string of the molecule is CCOC1CC(NC(=O)CCC(C)c2ccccc2)(C(=O)O)C1(C)C. The molecule has 0 spiro atoms. The molecule has 3 atom stereocenters. The summed E-state index contributed by atoms with van der Waals surface area (Å²) in [5, 5.41) is 12.5. The molecule has 3 unspecified atom stereocenters. The van der Waals surface area contributed by atoms with Gasteiger partial charge in [-0.2, -0.15) is 0 Å². The van der Waals surface area contributed by atoms with Crippen molar-refractivity contribution in [1.29, 1.82) is 0 Å². The van der Waals surface area contributed by atoms with E-state index in [1.165, 1.54) is 5.56 Å². The predicted octanol–water partition coefficient (Wildman–Crippen LogP) is 3.34. The highest BCUT2D eigenvalue weighted by atomic mass is 16.5. The molecule has 0 saturated heterocycles. The molecular weight excluding hydrogens is 318 g/mol. The number of benzene rings is 1. The van der Waals surface area contributed by atoms with Gasteiger partial charge in [0.25, 0.3) is 0 Å². The second-order valence-corrected chi connectivity index (χ2v) is 7.48. The molecule has 2 N–H and O–H groups in total. The summed E-state index contributed by atoms with van der Waals surface area (Å²) in [4.78, 5) is 24.3. The average molecular weight is 347 g/mol. The quantitative estimate of drug-likeness (QED) is 0.756. The van der Waals surface area contributed by atoms with Gasteiger partial charge in [0, 0.05) is 24.9 Å². The molecule has 1 aromatic carbocycles. The molecule has 25 heavy (non-hydrogen) atoms. The van der Waals surface area contributed by atoms with Gasteiger partial charge in [0.2, 0.25) is 5.91 Å². The molecule has 1 aliphatic rings. The Balaban J connectivity index is 1.97. The van der Waals surface area contributed by atoms with Crippen LogP contribution in [0.5, 0.6) is 0 Å². The highest BCUT2D eigenvalue weighted by Gasteiger charge is 2.66. The van der Waals surface area contributed by atoms with Crippen LogP contribution in [-0.4, -0.2) is 35.2 Å². The van der Waals surface area contributed by atoms with Crippen LogP contribution < -0.4 is 5.32 Å². The Bertz CT molecular complexity index is 613. The van der Waals surface area contributed by atoms with Crippen LogP contribution in [0, 0.1) is 5.41 Å². The van der Waals surface area contributed by atoms with Crippen LogP contribution in [0.4, 0.5) is 0 Å². The molecule has 1 aliphatic carbocycles. The molecule has 2 rings (SSSR count). The molecule has 1 amide bonds. The van der Waals surface area contributed by atoms with Crippen LogP contribution in [0.1, 0.15) is 58.4 Å². The van der Waals surface area contributed by atoms with Gasteiger partial charge in [-0.3, -0.25) is 4.79 Å². The second kappa shape index (κ2) is 7.56. The molecule has 138 valence electrons. The molecule has 1 aromatic rings. The van der Waals surface area contributed by atoms with Crippen molar-refractivity contribution in [2.45, 2.75) is 64.5 Å². The molecule has 5 heteroatoms. The number of ether oxygens (including phenoxy) is 1. The molecule has 0 aliphatic heterocycles. The normalized spacial score (nSPS) is 25.7. The number of amides is 1. The summed E-state index contributed by atoms with van der Waals surface area (Å²) in [5.41, 5.74) is -0.709. The summed E-state index contributed by atoms with van der Waals surface area (Å²) in [7, 11) is 0. The molecule has 1 fully saturated rings. The number of nitrogens with one attached hydrogen (secondary N) is 1. The van der Waals surface area contributed by atoms with E-state index >= 15 is 0 Å². The highest BCUT2D eigenvalue weighted by Crippen LogP contribution is 2.51. The van der Waals surface area contributed by atoms with Crippen LogP contribution in [-0.2, 0) is 14.3 Å². The smallest absolute Gasteiger partial charge is 0.330 e. The Labute approximate surface area is 149 Å². The molecule has 0 radical (unpaired) electrons. The number of carbonyl (C=O) groups excluding carboxylic acids is 1. The van der Waals surface area contributed by atoms with Gasteiger partial charge in [-0.1, -0.05) is 51.1 Å². The van der Waals surface area contributed by atoms with Crippen LogP contribution in [0.2, 0.25) is 0 Å². The van der Waals surface area contributed by atoms with Gasteiger partial charge in [-0.25, -0.2) is 4.79 Å². The number of carboxylic acid groups (broad SMARTS) is 1. The van der Waals surface area contributed by atoms with E-state index in [4.69, 9.17) is 4.74 Å². The zero-order valence-electron chi connectivity index (χ0n) is 15.5. The third kappa shape index (κ3) is 3.71. The van der Waals surface area contributed by atoms with E-state index in [9.17, 15) is 14.7 Å². The van der Waals surface area contributed by atoms with Crippen molar-refractivity contribution >= 4 is 11.9 Å². The maximum atomic E-state index is 12.4. The minimum absolute atomic E-state index is 0.155. The fourth-order valence-electron chi connectivity index (χ4n) is 3.63. The van der Waals surface area contributed by atoms with Crippen molar-refractivity contribution in [3.63, 3.8) is 0 Å². The summed E-state index contributed by atoms with van der Waals surface area (Å²) >= 11 is 0. The Morgan fingerprint density at radius 3 is 2.48 bits per heavy atom. The third-order valence-electron chi connectivity index (χ3n) is 5.66. The molecule has 0 bridgehead atoms. The van der Waals surface area contributed by atoms with Crippen molar-refractivity contribution in [2.75, 3.05) is 6.61 Å². The van der Waals surface area contributed by atoms with Crippen molar-refractivity contribution < 1.29 is 19.4 Å². The maximum Gasteiger partial charge on any atom is 0.330 e. The zero-order valence-corrected chi connectivity index (χ0v) is 15.5. The summed E-state index contributed by atoms with van der Waals surface area (Å²) in [6, 6.07) is 10.0. The molecule has 5 nitrogen and oxygen atoms in total. The fourth-order valence-corrected chi connectivity index (χ4v) is 3.63. The van der Waals surface area contributed by atoms with Crippen molar-refractivity contribution in [3.8, 4) is 0 Å². The minimum Gasteiger partial charge on any atom is -0.479 e. The Hall–Kier alpha value is -1.88. The number of aliphatic carboxylic acids is 1. The second-order valence-electron chi connectivity index (χ2n) is 7.48. The topological polar surface area (TPSA) is 75.6 Å². The number of carbonyl (C=O) groups is 2. The summed E-state index contributed by atoms with van der Waals surface area (Å²) < 4.78 is 5.62.